The minimum Gasteiger partial charge on any atom is -0.489 e. The van der Waals surface area contributed by atoms with E-state index in [9.17, 15) is 20.0 Å². The van der Waals surface area contributed by atoms with Crippen LogP contribution >= 0.6 is 0 Å². The van der Waals surface area contributed by atoms with Gasteiger partial charge in [0, 0.05) is 43.3 Å². The van der Waals surface area contributed by atoms with Crippen molar-refractivity contribution in [3.63, 3.8) is 0 Å². The lowest BCUT2D eigenvalue weighted by atomic mass is 10.1. The van der Waals surface area contributed by atoms with E-state index in [4.69, 9.17) is 4.74 Å². The summed E-state index contributed by atoms with van der Waals surface area (Å²) in [5, 5.41) is 20.0. The van der Waals surface area contributed by atoms with Crippen LogP contribution in [0.3, 0.4) is 0 Å². The Labute approximate surface area is 144 Å². The van der Waals surface area contributed by atoms with Gasteiger partial charge >= 0.3 is 0 Å². The molecule has 1 saturated heterocycles. The van der Waals surface area contributed by atoms with Gasteiger partial charge in [-0.2, -0.15) is 0 Å². The molecule has 7 nitrogen and oxygen atoms in total. The second-order valence-electron chi connectivity index (χ2n) is 5.97. The van der Waals surface area contributed by atoms with Gasteiger partial charge in [0.1, 0.15) is 12.4 Å². The predicted molar refractivity (Wildman–Crippen MR) is 91.4 cm³/mol. The number of aliphatic hydroxyl groups excluding tert-OH is 1. The summed E-state index contributed by atoms with van der Waals surface area (Å²) >= 11 is 0. The van der Waals surface area contributed by atoms with Crippen LogP contribution in [0.1, 0.15) is 12.0 Å². The van der Waals surface area contributed by atoms with Crippen LogP contribution in [0, 0.1) is 16.0 Å². The molecule has 1 atom stereocenters. The monoisotopic (exact) mass is 342 g/mol. The summed E-state index contributed by atoms with van der Waals surface area (Å²) in [6.45, 7) is 0.742. The molecule has 0 bridgehead atoms. The number of aliphatic hydroxyl groups is 1. The van der Waals surface area contributed by atoms with Crippen molar-refractivity contribution in [1.82, 2.24) is 0 Å². The molecule has 0 aliphatic carbocycles. The second-order valence-corrected chi connectivity index (χ2v) is 5.97. The van der Waals surface area contributed by atoms with Gasteiger partial charge in [-0.25, -0.2) is 0 Å². The first-order valence-electron chi connectivity index (χ1n) is 7.94. The molecule has 1 aliphatic heterocycles. The number of nitro groups is 1. The molecular formula is C18H18N2O5. The van der Waals surface area contributed by atoms with Gasteiger partial charge in [-0.15, -0.1) is 0 Å². The standard InChI is InChI=1S/C18H18N2O5/c21-11-14-9-18(22)19(10-14)15-4-6-17(7-5-15)25-12-13-2-1-3-16(8-13)20(23)24/h1-8,14,21H,9-12H2. The van der Waals surface area contributed by atoms with E-state index in [1.54, 1.807) is 41.3 Å². The first-order chi connectivity index (χ1) is 12.1. The average Bonchev–Trinajstić information content (AvgIpc) is 3.01. The smallest absolute Gasteiger partial charge is 0.269 e. The maximum Gasteiger partial charge on any atom is 0.269 e. The van der Waals surface area contributed by atoms with Crippen LogP contribution < -0.4 is 9.64 Å². The van der Waals surface area contributed by atoms with Crippen molar-refractivity contribution >= 4 is 17.3 Å². The molecule has 130 valence electrons. The van der Waals surface area contributed by atoms with E-state index < -0.39 is 4.92 Å². The molecule has 0 saturated carbocycles. The Morgan fingerprint density at radius 3 is 2.64 bits per heavy atom. The predicted octanol–water partition coefficient (Wildman–Crippen LogP) is 2.52. The molecule has 1 heterocycles. The Bertz CT molecular complexity index is 775. The first kappa shape index (κ1) is 16.9. The fourth-order valence-corrected chi connectivity index (χ4v) is 2.80. The molecule has 3 rings (SSSR count). The minimum absolute atomic E-state index is 0.00399. The zero-order chi connectivity index (χ0) is 17.8. The van der Waals surface area contributed by atoms with E-state index >= 15 is 0 Å². The number of hydrogen-bond donors (Lipinski definition) is 1. The highest BCUT2D eigenvalue weighted by Gasteiger charge is 2.29. The van der Waals surface area contributed by atoms with E-state index in [1.165, 1.54) is 12.1 Å². The Kier molecular flexibility index (Phi) is 4.95. The zero-order valence-electron chi connectivity index (χ0n) is 13.5. The van der Waals surface area contributed by atoms with Gasteiger partial charge in [0.2, 0.25) is 5.91 Å². The van der Waals surface area contributed by atoms with Crippen molar-refractivity contribution in [2.75, 3.05) is 18.1 Å². The normalized spacial score (nSPS) is 16.9. The molecule has 0 radical (unpaired) electrons. The molecule has 1 aliphatic rings. The summed E-state index contributed by atoms with van der Waals surface area (Å²) in [4.78, 5) is 24.0. The molecule has 7 heteroatoms. The number of nitro benzene ring substituents is 1. The Morgan fingerprint density at radius 2 is 2.00 bits per heavy atom. The maximum atomic E-state index is 12.0. The van der Waals surface area contributed by atoms with Crippen LogP contribution in [0.2, 0.25) is 0 Å². The van der Waals surface area contributed by atoms with Crippen molar-refractivity contribution in [3.05, 3.63) is 64.2 Å². The average molecular weight is 342 g/mol. The van der Waals surface area contributed by atoms with Crippen LogP contribution in [0.15, 0.2) is 48.5 Å². The fraction of sp³-hybridized carbons (Fsp3) is 0.278. The number of carbonyl (C=O) groups excluding carboxylic acids is 1. The molecule has 2 aromatic carbocycles. The lowest BCUT2D eigenvalue weighted by Crippen LogP contribution is -2.24. The minimum atomic E-state index is -0.439. The second kappa shape index (κ2) is 7.31. The van der Waals surface area contributed by atoms with Gasteiger partial charge in [0.05, 0.1) is 4.92 Å². The van der Waals surface area contributed by atoms with Crippen LogP contribution in [0.5, 0.6) is 5.75 Å². The highest BCUT2D eigenvalue weighted by Crippen LogP contribution is 2.27. The van der Waals surface area contributed by atoms with Crippen molar-refractivity contribution in [1.29, 1.82) is 0 Å². The summed E-state index contributed by atoms with van der Waals surface area (Å²) in [6.07, 6.45) is 0.363. The number of amides is 1. The molecule has 0 spiro atoms. The van der Waals surface area contributed by atoms with E-state index in [1.807, 2.05) is 0 Å². The Hall–Kier alpha value is -2.93. The number of non-ortho nitro benzene ring substituents is 1. The largest absolute Gasteiger partial charge is 0.489 e. The molecule has 1 fully saturated rings. The number of carbonyl (C=O) groups is 1. The molecule has 0 aromatic heterocycles. The van der Waals surface area contributed by atoms with Crippen molar-refractivity contribution < 1.29 is 19.6 Å². The lowest BCUT2D eigenvalue weighted by Gasteiger charge is -2.17. The van der Waals surface area contributed by atoms with Gasteiger partial charge < -0.3 is 14.7 Å². The molecule has 1 amide bonds. The topological polar surface area (TPSA) is 92.9 Å². The molecule has 1 N–H and O–H groups in total. The number of hydrogen-bond acceptors (Lipinski definition) is 5. The summed E-state index contributed by atoms with van der Waals surface area (Å²) in [5.74, 6) is 0.599. The van der Waals surface area contributed by atoms with Gasteiger partial charge in [0.25, 0.3) is 5.69 Å². The zero-order valence-corrected chi connectivity index (χ0v) is 13.5. The van der Waals surface area contributed by atoms with Crippen molar-refractivity contribution in [3.8, 4) is 5.75 Å². The third-order valence-corrected chi connectivity index (χ3v) is 4.14. The first-order valence-corrected chi connectivity index (χ1v) is 7.94. The van der Waals surface area contributed by atoms with Gasteiger partial charge in [0.15, 0.2) is 0 Å². The highest BCUT2D eigenvalue weighted by molar-refractivity contribution is 5.95. The summed E-state index contributed by atoms with van der Waals surface area (Å²) in [5.41, 5.74) is 1.50. The SMILES string of the molecule is O=C1CC(CO)CN1c1ccc(OCc2cccc([N+](=O)[O-])c2)cc1. The molecular weight excluding hydrogens is 324 g/mol. The van der Waals surface area contributed by atoms with E-state index in [0.29, 0.717) is 24.3 Å². The highest BCUT2D eigenvalue weighted by atomic mass is 16.6. The summed E-state index contributed by atoms with van der Waals surface area (Å²) in [7, 11) is 0. The number of rotatable bonds is 6. The molecule has 2 aromatic rings. The fourth-order valence-electron chi connectivity index (χ4n) is 2.80. The Balaban J connectivity index is 1.62. The third-order valence-electron chi connectivity index (χ3n) is 4.14. The van der Waals surface area contributed by atoms with E-state index in [-0.39, 0.29) is 30.7 Å². The van der Waals surface area contributed by atoms with Crippen LogP contribution in [0.25, 0.3) is 0 Å². The number of nitrogens with zero attached hydrogens (tertiary/aromatic N) is 2. The van der Waals surface area contributed by atoms with Crippen molar-refractivity contribution in [2.24, 2.45) is 5.92 Å². The number of benzene rings is 2. The van der Waals surface area contributed by atoms with Crippen LogP contribution in [-0.4, -0.2) is 29.1 Å². The van der Waals surface area contributed by atoms with Gasteiger partial charge in [-0.1, -0.05) is 12.1 Å². The maximum absolute atomic E-state index is 12.0. The van der Waals surface area contributed by atoms with E-state index in [0.717, 1.165) is 5.69 Å². The Morgan fingerprint density at radius 1 is 1.24 bits per heavy atom. The van der Waals surface area contributed by atoms with Crippen LogP contribution in [0.4, 0.5) is 11.4 Å². The van der Waals surface area contributed by atoms with Gasteiger partial charge in [-0.3, -0.25) is 14.9 Å². The third kappa shape index (κ3) is 3.95. The molecule has 25 heavy (non-hydrogen) atoms. The summed E-state index contributed by atoms with van der Waals surface area (Å²) in [6, 6.07) is 13.4. The summed E-state index contributed by atoms with van der Waals surface area (Å²) < 4.78 is 5.65. The number of ether oxygens (including phenoxy) is 1. The van der Waals surface area contributed by atoms with Crippen LogP contribution in [-0.2, 0) is 11.4 Å². The van der Waals surface area contributed by atoms with E-state index in [2.05, 4.69) is 0 Å². The van der Waals surface area contributed by atoms with Crippen molar-refractivity contribution in [2.45, 2.75) is 13.0 Å². The molecule has 1 unspecified atom stereocenters. The quantitative estimate of drug-likeness (QED) is 0.643. The number of anilines is 1. The lowest BCUT2D eigenvalue weighted by molar-refractivity contribution is -0.384. The van der Waals surface area contributed by atoms with Gasteiger partial charge in [-0.05, 0) is 29.8 Å².